The van der Waals surface area contributed by atoms with Crippen LogP contribution in [0.1, 0.15) is 12.6 Å². The summed E-state index contributed by atoms with van der Waals surface area (Å²) < 4.78 is 2.08. The largest absolute Gasteiger partial charge is 0.312 e. The summed E-state index contributed by atoms with van der Waals surface area (Å²) in [5.74, 6) is 0. The average molecular weight is 230 g/mol. The lowest BCUT2D eigenvalue weighted by Gasteiger charge is -2.31. The molecule has 0 saturated carbocycles. The lowest BCUT2D eigenvalue weighted by atomic mass is 10.2. The third-order valence-corrected chi connectivity index (χ3v) is 3.25. The highest BCUT2D eigenvalue weighted by Gasteiger charge is 2.16. The second-order valence-electron chi connectivity index (χ2n) is 4.79. The number of hydrogen-bond donors (Lipinski definition) is 1. The molecule has 1 aliphatic heterocycles. The van der Waals surface area contributed by atoms with E-state index in [0.29, 0.717) is 6.04 Å². The van der Waals surface area contributed by atoms with E-state index in [1.807, 2.05) is 24.4 Å². The molecule has 0 aromatic carbocycles. The van der Waals surface area contributed by atoms with Crippen LogP contribution in [-0.4, -0.2) is 40.0 Å². The first-order chi connectivity index (χ1) is 8.31. The predicted molar refractivity (Wildman–Crippen MR) is 67.9 cm³/mol. The average Bonchev–Trinajstić information content (AvgIpc) is 2.71. The van der Waals surface area contributed by atoms with Crippen LogP contribution in [0.5, 0.6) is 0 Å². The zero-order valence-corrected chi connectivity index (χ0v) is 10.1. The lowest BCUT2D eigenvalue weighted by Crippen LogP contribution is -2.48. The summed E-state index contributed by atoms with van der Waals surface area (Å²) >= 11 is 0. The van der Waals surface area contributed by atoms with E-state index < -0.39 is 0 Å². The summed E-state index contributed by atoms with van der Waals surface area (Å²) in [5.41, 5.74) is 2.19. The van der Waals surface area contributed by atoms with Crippen molar-refractivity contribution in [1.82, 2.24) is 19.6 Å². The molecule has 2 aromatic heterocycles. The lowest BCUT2D eigenvalue weighted by molar-refractivity contribution is 0.198. The first kappa shape index (κ1) is 10.7. The van der Waals surface area contributed by atoms with Gasteiger partial charge in [-0.3, -0.25) is 4.90 Å². The van der Waals surface area contributed by atoms with Crippen molar-refractivity contribution in [2.24, 2.45) is 0 Å². The van der Waals surface area contributed by atoms with Crippen LogP contribution in [0.15, 0.2) is 30.6 Å². The minimum absolute atomic E-state index is 0.584. The van der Waals surface area contributed by atoms with Crippen LogP contribution in [0.3, 0.4) is 0 Å². The summed E-state index contributed by atoms with van der Waals surface area (Å²) in [4.78, 5) is 7.09. The Balaban J connectivity index is 1.75. The Bertz CT molecular complexity index is 472. The zero-order valence-electron chi connectivity index (χ0n) is 10.1. The van der Waals surface area contributed by atoms with Gasteiger partial charge >= 0.3 is 0 Å². The van der Waals surface area contributed by atoms with Crippen LogP contribution in [-0.2, 0) is 6.54 Å². The fourth-order valence-electron chi connectivity index (χ4n) is 2.45. The van der Waals surface area contributed by atoms with Gasteiger partial charge in [0.05, 0.1) is 5.69 Å². The van der Waals surface area contributed by atoms with Crippen LogP contribution in [0.25, 0.3) is 5.65 Å². The maximum atomic E-state index is 4.63. The molecule has 90 valence electrons. The van der Waals surface area contributed by atoms with Crippen molar-refractivity contribution in [3.63, 3.8) is 0 Å². The van der Waals surface area contributed by atoms with E-state index in [1.165, 1.54) is 0 Å². The fraction of sp³-hybridized carbons (Fsp3) is 0.462. The number of piperazine rings is 1. The molecule has 0 radical (unpaired) electrons. The number of nitrogens with one attached hydrogen (secondary N) is 1. The van der Waals surface area contributed by atoms with Gasteiger partial charge in [0.15, 0.2) is 0 Å². The van der Waals surface area contributed by atoms with E-state index in [9.17, 15) is 0 Å². The number of rotatable bonds is 2. The maximum absolute atomic E-state index is 4.63. The molecule has 0 spiro atoms. The molecular weight excluding hydrogens is 212 g/mol. The van der Waals surface area contributed by atoms with Crippen LogP contribution in [0.2, 0.25) is 0 Å². The van der Waals surface area contributed by atoms with Gasteiger partial charge in [0.2, 0.25) is 0 Å². The summed E-state index contributed by atoms with van der Waals surface area (Å²) in [6, 6.07) is 6.69. The fourth-order valence-corrected chi connectivity index (χ4v) is 2.45. The van der Waals surface area contributed by atoms with Crippen LogP contribution < -0.4 is 5.32 Å². The maximum Gasteiger partial charge on any atom is 0.137 e. The van der Waals surface area contributed by atoms with Gasteiger partial charge in [0.25, 0.3) is 0 Å². The van der Waals surface area contributed by atoms with Crippen molar-refractivity contribution in [3.8, 4) is 0 Å². The SMILES string of the molecule is C[C@H]1CN(Cc2cn3ccccc3n2)CCN1. The highest BCUT2D eigenvalue weighted by atomic mass is 15.2. The van der Waals surface area contributed by atoms with Gasteiger partial charge in [-0.2, -0.15) is 0 Å². The molecule has 1 saturated heterocycles. The Morgan fingerprint density at radius 3 is 3.24 bits per heavy atom. The Morgan fingerprint density at radius 1 is 1.47 bits per heavy atom. The van der Waals surface area contributed by atoms with Crippen LogP contribution >= 0.6 is 0 Å². The van der Waals surface area contributed by atoms with E-state index in [-0.39, 0.29) is 0 Å². The first-order valence-electron chi connectivity index (χ1n) is 6.19. The van der Waals surface area contributed by atoms with Crippen molar-refractivity contribution in [2.45, 2.75) is 19.5 Å². The van der Waals surface area contributed by atoms with E-state index >= 15 is 0 Å². The van der Waals surface area contributed by atoms with Gasteiger partial charge in [-0.05, 0) is 19.1 Å². The molecule has 0 unspecified atom stereocenters. The molecule has 0 bridgehead atoms. The van der Waals surface area contributed by atoms with E-state index in [2.05, 4.69) is 32.7 Å². The molecule has 17 heavy (non-hydrogen) atoms. The third kappa shape index (κ3) is 2.33. The van der Waals surface area contributed by atoms with Crippen LogP contribution in [0.4, 0.5) is 0 Å². The Morgan fingerprint density at radius 2 is 2.41 bits per heavy atom. The number of pyridine rings is 1. The Kier molecular flexibility index (Phi) is 2.82. The van der Waals surface area contributed by atoms with Gasteiger partial charge in [-0.25, -0.2) is 4.98 Å². The molecule has 4 heteroatoms. The number of aromatic nitrogens is 2. The molecular formula is C13H18N4. The van der Waals surface area contributed by atoms with Crippen molar-refractivity contribution >= 4 is 5.65 Å². The smallest absolute Gasteiger partial charge is 0.137 e. The van der Waals surface area contributed by atoms with Gasteiger partial charge in [0.1, 0.15) is 5.65 Å². The molecule has 3 heterocycles. The molecule has 1 fully saturated rings. The number of imidazole rings is 1. The Hall–Kier alpha value is -1.39. The van der Waals surface area contributed by atoms with Crippen molar-refractivity contribution in [3.05, 3.63) is 36.3 Å². The van der Waals surface area contributed by atoms with Gasteiger partial charge < -0.3 is 9.72 Å². The monoisotopic (exact) mass is 230 g/mol. The first-order valence-corrected chi connectivity index (χ1v) is 6.19. The zero-order chi connectivity index (χ0) is 11.7. The molecule has 1 N–H and O–H groups in total. The van der Waals surface area contributed by atoms with Crippen molar-refractivity contribution in [2.75, 3.05) is 19.6 Å². The van der Waals surface area contributed by atoms with Crippen molar-refractivity contribution in [1.29, 1.82) is 0 Å². The van der Waals surface area contributed by atoms with Gasteiger partial charge in [-0.1, -0.05) is 6.07 Å². The van der Waals surface area contributed by atoms with E-state index in [1.54, 1.807) is 0 Å². The van der Waals surface area contributed by atoms with Crippen molar-refractivity contribution < 1.29 is 0 Å². The predicted octanol–water partition coefficient (Wildman–Crippen LogP) is 1.13. The molecule has 1 atom stereocenters. The molecule has 4 nitrogen and oxygen atoms in total. The molecule has 0 amide bonds. The highest BCUT2D eigenvalue weighted by molar-refractivity contribution is 5.39. The topological polar surface area (TPSA) is 32.6 Å². The van der Waals surface area contributed by atoms with Gasteiger partial charge in [-0.15, -0.1) is 0 Å². The summed E-state index contributed by atoms with van der Waals surface area (Å²) in [6.07, 6.45) is 4.17. The quantitative estimate of drug-likeness (QED) is 0.839. The summed E-state index contributed by atoms with van der Waals surface area (Å²) in [7, 11) is 0. The second kappa shape index (κ2) is 4.47. The number of hydrogen-bond acceptors (Lipinski definition) is 3. The normalized spacial score (nSPS) is 22.1. The standard InChI is InChI=1S/C13H18N4/c1-11-8-16(7-5-14-11)9-12-10-17-6-3-2-4-13(17)15-12/h2-4,6,10-11,14H,5,7-9H2,1H3/t11-/m0/s1. The molecule has 3 rings (SSSR count). The minimum Gasteiger partial charge on any atom is -0.312 e. The summed E-state index contributed by atoms with van der Waals surface area (Å²) in [6.45, 7) is 6.48. The van der Waals surface area contributed by atoms with Gasteiger partial charge in [0, 0.05) is 44.6 Å². The molecule has 2 aromatic rings. The van der Waals surface area contributed by atoms with Crippen LogP contribution in [0, 0.1) is 0 Å². The molecule has 1 aliphatic rings. The summed E-state index contributed by atoms with van der Waals surface area (Å²) in [5, 5.41) is 3.46. The van der Waals surface area contributed by atoms with E-state index in [0.717, 1.165) is 37.5 Å². The third-order valence-electron chi connectivity index (χ3n) is 3.25. The minimum atomic E-state index is 0.584. The Labute approximate surface area is 101 Å². The highest BCUT2D eigenvalue weighted by Crippen LogP contribution is 2.09. The molecule has 0 aliphatic carbocycles. The number of fused-ring (bicyclic) bond motifs is 1. The number of nitrogens with zero attached hydrogens (tertiary/aromatic N) is 3. The van der Waals surface area contributed by atoms with E-state index in [4.69, 9.17) is 0 Å². The second-order valence-corrected chi connectivity index (χ2v) is 4.79.